The van der Waals surface area contributed by atoms with Crippen LogP contribution in [0.3, 0.4) is 0 Å². The highest BCUT2D eigenvalue weighted by Gasteiger charge is 2.32. The van der Waals surface area contributed by atoms with Gasteiger partial charge in [0.2, 0.25) is 0 Å². The van der Waals surface area contributed by atoms with Crippen LogP contribution >= 0.6 is 0 Å². The fraction of sp³-hybridized carbons (Fsp3) is 0.263. The lowest BCUT2D eigenvalue weighted by atomic mass is 10.1. The van der Waals surface area contributed by atoms with E-state index in [0.717, 1.165) is 41.9 Å². The lowest BCUT2D eigenvalue weighted by Crippen LogP contribution is -2.39. The molecule has 0 bridgehead atoms. The van der Waals surface area contributed by atoms with Gasteiger partial charge in [0.05, 0.1) is 11.1 Å². The number of hydrogen-bond acceptors (Lipinski definition) is 3. The lowest BCUT2D eigenvalue weighted by molar-refractivity contribution is -0.137. The molecule has 26 heavy (non-hydrogen) atoms. The minimum absolute atomic E-state index is 0.0422. The Bertz CT molecular complexity index is 831. The molecule has 1 aliphatic heterocycles. The van der Waals surface area contributed by atoms with Gasteiger partial charge in [0.25, 0.3) is 5.91 Å². The smallest absolute Gasteiger partial charge is 0.416 e. The van der Waals surface area contributed by atoms with Crippen LogP contribution in [0.4, 0.5) is 18.9 Å². The SMILES string of the molecule is C[C@@H](OC(=O)c1ccc(C(F)(F)F)cc1)C(=O)N1CCc2ccccc21. The molecule has 7 heteroatoms. The van der Waals surface area contributed by atoms with Crippen LogP contribution < -0.4 is 4.90 Å². The van der Waals surface area contributed by atoms with Crippen LogP contribution in [-0.2, 0) is 22.1 Å². The predicted octanol–water partition coefficient (Wildman–Crippen LogP) is 3.84. The highest BCUT2D eigenvalue weighted by molar-refractivity contribution is 6.00. The molecule has 1 amide bonds. The molecule has 1 atom stereocenters. The van der Waals surface area contributed by atoms with Gasteiger partial charge in [-0.1, -0.05) is 18.2 Å². The van der Waals surface area contributed by atoms with E-state index in [1.165, 1.54) is 6.92 Å². The molecule has 136 valence electrons. The Morgan fingerprint density at radius 1 is 1.08 bits per heavy atom. The molecule has 0 aliphatic carbocycles. The van der Waals surface area contributed by atoms with Gasteiger partial charge in [-0.2, -0.15) is 13.2 Å². The molecule has 0 saturated carbocycles. The van der Waals surface area contributed by atoms with Crippen molar-refractivity contribution in [3.8, 4) is 0 Å². The summed E-state index contributed by atoms with van der Waals surface area (Å²) in [5, 5.41) is 0. The maximum Gasteiger partial charge on any atom is 0.416 e. The molecule has 1 aliphatic rings. The van der Waals surface area contributed by atoms with Crippen LogP contribution in [0.25, 0.3) is 0 Å². The Morgan fingerprint density at radius 2 is 1.73 bits per heavy atom. The molecule has 0 spiro atoms. The summed E-state index contributed by atoms with van der Waals surface area (Å²) in [6, 6.07) is 11.1. The van der Waals surface area contributed by atoms with Crippen molar-refractivity contribution >= 4 is 17.6 Å². The molecule has 0 unspecified atom stereocenters. The molecule has 2 aromatic rings. The van der Waals surface area contributed by atoms with Gasteiger partial charge in [0.15, 0.2) is 6.10 Å². The van der Waals surface area contributed by atoms with E-state index in [1.54, 1.807) is 4.90 Å². The third kappa shape index (κ3) is 3.56. The average molecular weight is 363 g/mol. The van der Waals surface area contributed by atoms with Crippen molar-refractivity contribution in [1.82, 2.24) is 0 Å². The minimum Gasteiger partial charge on any atom is -0.449 e. The molecule has 3 rings (SSSR count). The van der Waals surface area contributed by atoms with Crippen molar-refractivity contribution in [2.75, 3.05) is 11.4 Å². The topological polar surface area (TPSA) is 46.6 Å². The Morgan fingerprint density at radius 3 is 2.38 bits per heavy atom. The van der Waals surface area contributed by atoms with Gasteiger partial charge in [0, 0.05) is 12.2 Å². The van der Waals surface area contributed by atoms with E-state index in [4.69, 9.17) is 4.74 Å². The molecule has 0 radical (unpaired) electrons. The van der Waals surface area contributed by atoms with Crippen molar-refractivity contribution in [3.05, 3.63) is 65.2 Å². The van der Waals surface area contributed by atoms with Gasteiger partial charge in [0.1, 0.15) is 0 Å². The van der Waals surface area contributed by atoms with E-state index < -0.39 is 23.8 Å². The van der Waals surface area contributed by atoms with E-state index in [1.807, 2.05) is 24.3 Å². The largest absolute Gasteiger partial charge is 0.449 e. The zero-order valence-electron chi connectivity index (χ0n) is 13.9. The first-order valence-electron chi connectivity index (χ1n) is 8.05. The Hall–Kier alpha value is -2.83. The first-order chi connectivity index (χ1) is 12.3. The van der Waals surface area contributed by atoms with Crippen LogP contribution in [0.15, 0.2) is 48.5 Å². The molecule has 0 aromatic heterocycles. The number of hydrogen-bond donors (Lipinski definition) is 0. The highest BCUT2D eigenvalue weighted by Crippen LogP contribution is 2.30. The standard InChI is InChI=1S/C19H16F3NO3/c1-12(17(24)23-11-10-13-4-2-3-5-16(13)23)26-18(25)14-6-8-15(9-7-14)19(20,21)22/h2-9,12H,10-11H2,1H3/t12-/m1/s1. The van der Waals surface area contributed by atoms with E-state index >= 15 is 0 Å². The fourth-order valence-corrected chi connectivity index (χ4v) is 2.86. The summed E-state index contributed by atoms with van der Waals surface area (Å²) >= 11 is 0. The number of carbonyl (C=O) groups excluding carboxylic acids is 2. The number of anilines is 1. The summed E-state index contributed by atoms with van der Waals surface area (Å²) in [6.45, 7) is 1.95. The van der Waals surface area contributed by atoms with Gasteiger partial charge in [-0.15, -0.1) is 0 Å². The van der Waals surface area contributed by atoms with Gasteiger partial charge in [-0.05, 0) is 49.2 Å². The number of ether oxygens (including phenoxy) is 1. The number of nitrogens with zero attached hydrogens (tertiary/aromatic N) is 1. The monoisotopic (exact) mass is 363 g/mol. The molecular weight excluding hydrogens is 347 g/mol. The van der Waals surface area contributed by atoms with Crippen molar-refractivity contribution in [2.45, 2.75) is 25.6 Å². The number of benzene rings is 2. The molecule has 0 saturated heterocycles. The fourth-order valence-electron chi connectivity index (χ4n) is 2.86. The summed E-state index contributed by atoms with van der Waals surface area (Å²) in [7, 11) is 0. The number of carbonyl (C=O) groups is 2. The second-order valence-electron chi connectivity index (χ2n) is 5.99. The van der Waals surface area contributed by atoms with Crippen LogP contribution in [0.5, 0.6) is 0 Å². The van der Waals surface area contributed by atoms with Crippen LogP contribution in [0.1, 0.15) is 28.4 Å². The van der Waals surface area contributed by atoms with Crippen LogP contribution in [-0.4, -0.2) is 24.5 Å². The summed E-state index contributed by atoms with van der Waals surface area (Å²) in [4.78, 5) is 26.2. The summed E-state index contributed by atoms with van der Waals surface area (Å²) in [5.74, 6) is -1.21. The number of halogens is 3. The second-order valence-corrected chi connectivity index (χ2v) is 5.99. The van der Waals surface area contributed by atoms with Crippen molar-refractivity contribution in [3.63, 3.8) is 0 Å². The normalized spacial score (nSPS) is 14.7. The molecule has 2 aromatic carbocycles. The molecule has 1 heterocycles. The zero-order valence-corrected chi connectivity index (χ0v) is 13.9. The van der Waals surface area contributed by atoms with Gasteiger partial charge >= 0.3 is 12.1 Å². The highest BCUT2D eigenvalue weighted by atomic mass is 19.4. The quantitative estimate of drug-likeness (QED) is 0.779. The minimum atomic E-state index is -4.48. The zero-order chi connectivity index (χ0) is 18.9. The number of alkyl halides is 3. The van der Waals surface area contributed by atoms with Crippen molar-refractivity contribution in [1.29, 1.82) is 0 Å². The second kappa shape index (κ2) is 6.82. The number of amides is 1. The predicted molar refractivity (Wildman–Crippen MR) is 88.8 cm³/mol. The van der Waals surface area contributed by atoms with E-state index in [2.05, 4.69) is 0 Å². The third-order valence-electron chi connectivity index (χ3n) is 4.23. The molecular formula is C19H16F3NO3. The van der Waals surface area contributed by atoms with Gasteiger partial charge in [-0.25, -0.2) is 4.79 Å². The van der Waals surface area contributed by atoms with E-state index in [0.29, 0.717) is 6.54 Å². The summed E-state index contributed by atoms with van der Waals surface area (Å²) in [5.41, 5.74) is 0.934. The Labute approximate surface area is 148 Å². The maximum atomic E-state index is 12.6. The Balaban J connectivity index is 1.67. The molecule has 0 N–H and O–H groups in total. The van der Waals surface area contributed by atoms with Gasteiger partial charge < -0.3 is 9.64 Å². The first-order valence-corrected chi connectivity index (χ1v) is 8.05. The summed E-state index contributed by atoms with van der Waals surface area (Å²) in [6.07, 6.45) is -4.80. The first kappa shape index (κ1) is 18.0. The number of fused-ring (bicyclic) bond motifs is 1. The third-order valence-corrected chi connectivity index (χ3v) is 4.23. The Kier molecular flexibility index (Phi) is 4.71. The van der Waals surface area contributed by atoms with E-state index in [9.17, 15) is 22.8 Å². The van der Waals surface area contributed by atoms with Crippen LogP contribution in [0.2, 0.25) is 0 Å². The molecule has 4 nitrogen and oxygen atoms in total. The maximum absolute atomic E-state index is 12.6. The number of para-hydroxylation sites is 1. The molecule has 0 fully saturated rings. The van der Waals surface area contributed by atoms with E-state index in [-0.39, 0.29) is 11.5 Å². The average Bonchev–Trinajstić information content (AvgIpc) is 3.04. The van der Waals surface area contributed by atoms with Crippen molar-refractivity contribution < 1.29 is 27.5 Å². The number of esters is 1. The van der Waals surface area contributed by atoms with Crippen molar-refractivity contribution in [2.24, 2.45) is 0 Å². The summed E-state index contributed by atoms with van der Waals surface area (Å²) < 4.78 is 42.8. The van der Waals surface area contributed by atoms with Gasteiger partial charge in [-0.3, -0.25) is 4.79 Å². The number of rotatable bonds is 3. The lowest BCUT2D eigenvalue weighted by Gasteiger charge is -2.21. The van der Waals surface area contributed by atoms with Crippen LogP contribution in [0, 0.1) is 0 Å².